The first kappa shape index (κ1) is 14.1. The van der Waals surface area contributed by atoms with Crippen molar-refractivity contribution in [1.29, 1.82) is 0 Å². The van der Waals surface area contributed by atoms with E-state index in [-0.39, 0.29) is 11.9 Å². The summed E-state index contributed by atoms with van der Waals surface area (Å²) in [5, 5.41) is 3.50. The molecule has 1 rings (SSSR count). The molecule has 0 heterocycles. The first-order chi connectivity index (χ1) is 7.99. The van der Waals surface area contributed by atoms with E-state index >= 15 is 0 Å². The van der Waals surface area contributed by atoms with Crippen LogP contribution in [0.2, 0.25) is 10.0 Å². The molecule has 0 bridgehead atoms. The molecule has 0 aliphatic heterocycles. The van der Waals surface area contributed by atoms with Gasteiger partial charge in [-0.3, -0.25) is 4.79 Å². The van der Waals surface area contributed by atoms with Gasteiger partial charge >= 0.3 is 0 Å². The van der Waals surface area contributed by atoms with Gasteiger partial charge in [-0.1, -0.05) is 30.1 Å². The minimum absolute atomic E-state index is 0.113. The SMILES string of the molecule is CCC(C)NC(=O)c1cc(Cl)c(OC)c(Cl)c1. The Morgan fingerprint density at radius 1 is 1.41 bits per heavy atom. The molecular weight excluding hydrogens is 261 g/mol. The van der Waals surface area contributed by atoms with Crippen molar-refractivity contribution in [3.8, 4) is 5.75 Å². The van der Waals surface area contributed by atoms with Gasteiger partial charge in [0.2, 0.25) is 0 Å². The van der Waals surface area contributed by atoms with E-state index in [0.29, 0.717) is 21.4 Å². The van der Waals surface area contributed by atoms with Gasteiger partial charge in [0.1, 0.15) is 0 Å². The highest BCUT2D eigenvalue weighted by Gasteiger charge is 2.14. The van der Waals surface area contributed by atoms with Crippen LogP contribution in [0.4, 0.5) is 0 Å². The van der Waals surface area contributed by atoms with Gasteiger partial charge in [-0.2, -0.15) is 0 Å². The molecule has 0 fully saturated rings. The smallest absolute Gasteiger partial charge is 0.251 e. The van der Waals surface area contributed by atoms with E-state index in [1.165, 1.54) is 7.11 Å². The van der Waals surface area contributed by atoms with E-state index in [1.807, 2.05) is 13.8 Å². The number of halogens is 2. The predicted octanol–water partition coefficient (Wildman–Crippen LogP) is 3.53. The van der Waals surface area contributed by atoms with Crippen LogP contribution in [0, 0.1) is 0 Å². The van der Waals surface area contributed by atoms with Gasteiger partial charge in [0, 0.05) is 11.6 Å². The molecule has 1 aromatic carbocycles. The van der Waals surface area contributed by atoms with Crippen molar-refractivity contribution in [3.63, 3.8) is 0 Å². The molecule has 0 saturated heterocycles. The summed E-state index contributed by atoms with van der Waals surface area (Å²) in [6.45, 7) is 3.93. The van der Waals surface area contributed by atoms with E-state index in [0.717, 1.165) is 6.42 Å². The van der Waals surface area contributed by atoms with Crippen molar-refractivity contribution < 1.29 is 9.53 Å². The number of rotatable bonds is 4. The summed E-state index contributed by atoms with van der Waals surface area (Å²) >= 11 is 11.9. The van der Waals surface area contributed by atoms with Crippen LogP contribution in [0.5, 0.6) is 5.75 Å². The Balaban J connectivity index is 2.96. The van der Waals surface area contributed by atoms with Crippen LogP contribution in [0.25, 0.3) is 0 Å². The van der Waals surface area contributed by atoms with Crippen molar-refractivity contribution >= 4 is 29.1 Å². The number of benzene rings is 1. The molecule has 1 amide bonds. The highest BCUT2D eigenvalue weighted by molar-refractivity contribution is 6.37. The summed E-state index contributed by atoms with van der Waals surface area (Å²) < 4.78 is 5.02. The van der Waals surface area contributed by atoms with Crippen molar-refractivity contribution in [2.45, 2.75) is 26.3 Å². The van der Waals surface area contributed by atoms with Gasteiger partial charge in [-0.15, -0.1) is 0 Å². The molecule has 1 N–H and O–H groups in total. The molecule has 1 unspecified atom stereocenters. The van der Waals surface area contributed by atoms with Gasteiger partial charge in [0.15, 0.2) is 5.75 Å². The Bertz CT molecular complexity index is 398. The molecule has 0 aliphatic carbocycles. The topological polar surface area (TPSA) is 38.3 Å². The van der Waals surface area contributed by atoms with Crippen LogP contribution in [-0.4, -0.2) is 19.1 Å². The van der Waals surface area contributed by atoms with Crippen molar-refractivity contribution in [1.82, 2.24) is 5.32 Å². The number of nitrogens with one attached hydrogen (secondary N) is 1. The van der Waals surface area contributed by atoms with Crippen LogP contribution in [0.1, 0.15) is 30.6 Å². The molecule has 0 aliphatic rings. The maximum absolute atomic E-state index is 11.8. The average molecular weight is 276 g/mol. The van der Waals surface area contributed by atoms with E-state index in [1.54, 1.807) is 12.1 Å². The lowest BCUT2D eigenvalue weighted by atomic mass is 10.1. The first-order valence-electron chi connectivity index (χ1n) is 5.33. The molecule has 0 aromatic heterocycles. The average Bonchev–Trinajstić information content (AvgIpc) is 2.28. The second-order valence-electron chi connectivity index (χ2n) is 3.76. The third-order valence-corrected chi connectivity index (χ3v) is 3.02. The fourth-order valence-corrected chi connectivity index (χ4v) is 1.94. The number of hydrogen-bond donors (Lipinski definition) is 1. The number of amides is 1. The third kappa shape index (κ3) is 3.51. The van der Waals surface area contributed by atoms with Gasteiger partial charge < -0.3 is 10.1 Å². The second-order valence-corrected chi connectivity index (χ2v) is 4.57. The van der Waals surface area contributed by atoms with Crippen molar-refractivity contribution in [3.05, 3.63) is 27.7 Å². The van der Waals surface area contributed by atoms with E-state index in [4.69, 9.17) is 27.9 Å². The third-order valence-electron chi connectivity index (χ3n) is 2.45. The highest BCUT2D eigenvalue weighted by Crippen LogP contribution is 2.33. The monoisotopic (exact) mass is 275 g/mol. The van der Waals surface area contributed by atoms with E-state index in [9.17, 15) is 4.79 Å². The van der Waals surface area contributed by atoms with E-state index < -0.39 is 0 Å². The Hall–Kier alpha value is -0.930. The summed E-state index contributed by atoms with van der Waals surface area (Å²) in [5.74, 6) is 0.194. The Kier molecular flexibility index (Phi) is 5.09. The maximum atomic E-state index is 11.8. The molecule has 94 valence electrons. The second kappa shape index (κ2) is 6.12. The number of ether oxygens (including phenoxy) is 1. The number of carbonyl (C=O) groups excluding carboxylic acids is 1. The fourth-order valence-electron chi connectivity index (χ4n) is 1.30. The largest absolute Gasteiger partial charge is 0.494 e. The minimum Gasteiger partial charge on any atom is -0.494 e. The number of carbonyl (C=O) groups is 1. The van der Waals surface area contributed by atoms with E-state index in [2.05, 4.69) is 5.32 Å². The summed E-state index contributed by atoms with van der Waals surface area (Å²) in [6.07, 6.45) is 0.864. The number of hydrogen-bond acceptors (Lipinski definition) is 2. The normalized spacial score (nSPS) is 12.1. The van der Waals surface area contributed by atoms with Gasteiger partial charge in [0.25, 0.3) is 5.91 Å². The minimum atomic E-state index is -0.189. The quantitative estimate of drug-likeness (QED) is 0.913. The lowest BCUT2D eigenvalue weighted by Gasteiger charge is -2.13. The summed E-state index contributed by atoms with van der Waals surface area (Å²) in [5.41, 5.74) is 0.432. The van der Waals surface area contributed by atoms with Gasteiger partial charge in [-0.05, 0) is 25.5 Å². The van der Waals surface area contributed by atoms with Crippen LogP contribution in [0.3, 0.4) is 0 Å². The standard InChI is InChI=1S/C12H15Cl2NO2/c1-4-7(2)15-12(16)8-5-9(13)11(17-3)10(14)6-8/h5-7H,4H2,1-3H3,(H,15,16). The summed E-state index contributed by atoms with van der Waals surface area (Å²) in [7, 11) is 1.48. The highest BCUT2D eigenvalue weighted by atomic mass is 35.5. The Morgan fingerprint density at radius 2 is 1.94 bits per heavy atom. The molecule has 3 nitrogen and oxygen atoms in total. The van der Waals surface area contributed by atoms with Crippen LogP contribution >= 0.6 is 23.2 Å². The zero-order chi connectivity index (χ0) is 13.0. The number of methoxy groups -OCH3 is 1. The molecule has 1 aromatic rings. The molecule has 0 saturated carbocycles. The molecule has 5 heteroatoms. The van der Waals surface area contributed by atoms with Crippen LogP contribution < -0.4 is 10.1 Å². The van der Waals surface area contributed by atoms with Crippen LogP contribution in [-0.2, 0) is 0 Å². The maximum Gasteiger partial charge on any atom is 0.251 e. The molecule has 1 atom stereocenters. The summed E-state index contributed by atoms with van der Waals surface area (Å²) in [4.78, 5) is 11.8. The van der Waals surface area contributed by atoms with Crippen molar-refractivity contribution in [2.75, 3.05) is 7.11 Å². The van der Waals surface area contributed by atoms with Crippen LogP contribution in [0.15, 0.2) is 12.1 Å². The first-order valence-corrected chi connectivity index (χ1v) is 6.09. The molecule has 17 heavy (non-hydrogen) atoms. The Labute approximate surface area is 111 Å². The van der Waals surface area contributed by atoms with Crippen molar-refractivity contribution in [2.24, 2.45) is 0 Å². The lowest BCUT2D eigenvalue weighted by Crippen LogP contribution is -2.31. The molecule has 0 radical (unpaired) electrons. The van der Waals surface area contributed by atoms with Gasteiger partial charge in [0.05, 0.1) is 17.2 Å². The fraction of sp³-hybridized carbons (Fsp3) is 0.417. The zero-order valence-corrected chi connectivity index (χ0v) is 11.5. The molecular formula is C12H15Cl2NO2. The molecule has 0 spiro atoms. The van der Waals surface area contributed by atoms with Gasteiger partial charge in [-0.25, -0.2) is 0 Å². The summed E-state index contributed by atoms with van der Waals surface area (Å²) in [6, 6.07) is 3.20. The Morgan fingerprint density at radius 3 is 2.35 bits per heavy atom. The zero-order valence-electron chi connectivity index (χ0n) is 10.0. The lowest BCUT2D eigenvalue weighted by molar-refractivity contribution is 0.0939. The predicted molar refractivity (Wildman–Crippen MR) is 70.2 cm³/mol.